The van der Waals surface area contributed by atoms with Crippen molar-refractivity contribution in [2.24, 2.45) is 0 Å². The molecule has 0 bridgehead atoms. The minimum absolute atomic E-state index is 0.0304. The fourth-order valence-corrected chi connectivity index (χ4v) is 4.05. The number of carbonyl (C=O) groups is 2. The number of hydrogen-bond donors (Lipinski definition) is 1. The summed E-state index contributed by atoms with van der Waals surface area (Å²) in [7, 11) is 1.60. The first-order valence-corrected chi connectivity index (χ1v) is 9.34. The van der Waals surface area contributed by atoms with Gasteiger partial charge in [-0.05, 0) is 43.9 Å². The molecule has 2 saturated heterocycles. The van der Waals surface area contributed by atoms with Crippen molar-refractivity contribution in [1.29, 1.82) is 0 Å². The zero-order chi connectivity index (χ0) is 18.1. The van der Waals surface area contributed by atoms with Crippen LogP contribution in [0.2, 0.25) is 0 Å². The fourth-order valence-electron chi connectivity index (χ4n) is 4.05. The highest BCUT2D eigenvalue weighted by molar-refractivity contribution is 5.95. The SMILES string of the molecule is COc1cc(C(=O)N2CCN3C(=O)NCC3C2)ccc1OC1CCCC1. The number of rotatable bonds is 4. The molecule has 0 radical (unpaired) electrons. The molecule has 1 saturated carbocycles. The van der Waals surface area contributed by atoms with Crippen molar-refractivity contribution in [2.75, 3.05) is 33.3 Å². The van der Waals surface area contributed by atoms with Crippen LogP contribution in [0, 0.1) is 0 Å². The number of nitrogens with one attached hydrogen (secondary N) is 1. The predicted octanol–water partition coefficient (Wildman–Crippen LogP) is 1.87. The van der Waals surface area contributed by atoms with Gasteiger partial charge >= 0.3 is 6.03 Å². The van der Waals surface area contributed by atoms with Gasteiger partial charge in [0.2, 0.25) is 0 Å². The number of hydrogen-bond acceptors (Lipinski definition) is 4. The Morgan fingerprint density at radius 1 is 1.19 bits per heavy atom. The lowest BCUT2D eigenvalue weighted by atomic mass is 10.1. The van der Waals surface area contributed by atoms with Crippen LogP contribution in [0.1, 0.15) is 36.0 Å². The monoisotopic (exact) mass is 359 g/mol. The van der Waals surface area contributed by atoms with Gasteiger partial charge in [0.15, 0.2) is 11.5 Å². The topological polar surface area (TPSA) is 71.1 Å². The van der Waals surface area contributed by atoms with Crippen molar-refractivity contribution >= 4 is 11.9 Å². The van der Waals surface area contributed by atoms with Gasteiger partial charge in [-0.25, -0.2) is 4.79 Å². The molecule has 3 amide bonds. The summed E-state index contributed by atoms with van der Waals surface area (Å²) < 4.78 is 11.5. The number of methoxy groups -OCH3 is 1. The number of nitrogens with zero attached hydrogens (tertiary/aromatic N) is 2. The molecule has 0 spiro atoms. The van der Waals surface area contributed by atoms with Crippen molar-refractivity contribution in [3.63, 3.8) is 0 Å². The number of fused-ring (bicyclic) bond motifs is 1. The van der Waals surface area contributed by atoms with E-state index in [4.69, 9.17) is 9.47 Å². The summed E-state index contributed by atoms with van der Waals surface area (Å²) in [6.45, 7) is 2.27. The van der Waals surface area contributed by atoms with Gasteiger partial charge in [0, 0.05) is 31.7 Å². The Bertz CT molecular complexity index is 702. The second-order valence-electron chi connectivity index (χ2n) is 7.17. The molecule has 1 aromatic rings. The van der Waals surface area contributed by atoms with Crippen molar-refractivity contribution in [3.05, 3.63) is 23.8 Å². The Morgan fingerprint density at radius 2 is 2.00 bits per heavy atom. The number of benzene rings is 1. The van der Waals surface area contributed by atoms with E-state index >= 15 is 0 Å². The van der Waals surface area contributed by atoms with Crippen LogP contribution in [0.5, 0.6) is 11.5 Å². The molecule has 1 aliphatic carbocycles. The van der Waals surface area contributed by atoms with E-state index in [0.717, 1.165) is 12.8 Å². The standard InChI is InChI=1S/C19H25N3O4/c1-25-17-10-13(6-7-16(17)26-15-4-2-3-5-15)18(23)21-8-9-22-14(12-21)11-20-19(22)24/h6-7,10,14-15H,2-5,8-9,11-12H2,1H3,(H,20,24). The van der Waals surface area contributed by atoms with Crippen LogP contribution in [0.3, 0.4) is 0 Å². The van der Waals surface area contributed by atoms with Gasteiger partial charge in [-0.15, -0.1) is 0 Å². The quantitative estimate of drug-likeness (QED) is 0.891. The van der Waals surface area contributed by atoms with Crippen LogP contribution in [0.4, 0.5) is 4.79 Å². The van der Waals surface area contributed by atoms with E-state index in [1.54, 1.807) is 19.2 Å². The third-order valence-corrected chi connectivity index (χ3v) is 5.53. The van der Waals surface area contributed by atoms with Crippen molar-refractivity contribution < 1.29 is 19.1 Å². The molecule has 4 rings (SSSR count). The van der Waals surface area contributed by atoms with Gasteiger partial charge < -0.3 is 24.6 Å². The van der Waals surface area contributed by atoms with Crippen molar-refractivity contribution in [2.45, 2.75) is 37.8 Å². The van der Waals surface area contributed by atoms with E-state index in [9.17, 15) is 9.59 Å². The summed E-state index contributed by atoms with van der Waals surface area (Å²) in [6.07, 6.45) is 4.79. The van der Waals surface area contributed by atoms with E-state index in [-0.39, 0.29) is 24.1 Å². The van der Waals surface area contributed by atoms with E-state index in [1.807, 2.05) is 15.9 Å². The zero-order valence-corrected chi connectivity index (χ0v) is 15.1. The molecule has 1 aromatic carbocycles. The fraction of sp³-hybridized carbons (Fsp3) is 0.579. The normalized spacial score (nSPS) is 23.0. The molecule has 26 heavy (non-hydrogen) atoms. The molecule has 140 valence electrons. The first kappa shape index (κ1) is 17.0. The molecule has 2 aliphatic heterocycles. The molecule has 0 aromatic heterocycles. The lowest BCUT2D eigenvalue weighted by Gasteiger charge is -2.36. The predicted molar refractivity (Wildman–Crippen MR) is 95.7 cm³/mol. The third-order valence-electron chi connectivity index (χ3n) is 5.53. The average molecular weight is 359 g/mol. The first-order valence-electron chi connectivity index (χ1n) is 9.34. The summed E-state index contributed by atoms with van der Waals surface area (Å²) >= 11 is 0. The summed E-state index contributed by atoms with van der Waals surface area (Å²) in [6, 6.07) is 5.43. The molecule has 2 heterocycles. The molecule has 1 atom stereocenters. The van der Waals surface area contributed by atoms with Crippen molar-refractivity contribution in [1.82, 2.24) is 15.1 Å². The minimum atomic E-state index is -0.0327. The molecular formula is C19H25N3O4. The molecular weight excluding hydrogens is 334 g/mol. The number of carbonyl (C=O) groups excluding carboxylic acids is 2. The highest BCUT2D eigenvalue weighted by atomic mass is 16.5. The number of amides is 3. The van der Waals surface area contributed by atoms with Gasteiger partial charge in [-0.3, -0.25) is 4.79 Å². The number of urea groups is 1. The number of piperazine rings is 1. The lowest BCUT2D eigenvalue weighted by Crippen LogP contribution is -2.53. The molecule has 1 N–H and O–H groups in total. The van der Waals surface area contributed by atoms with E-state index in [1.165, 1.54) is 12.8 Å². The highest BCUT2D eigenvalue weighted by Crippen LogP contribution is 2.33. The van der Waals surface area contributed by atoms with Gasteiger partial charge in [0.1, 0.15) is 0 Å². The van der Waals surface area contributed by atoms with E-state index < -0.39 is 0 Å². The van der Waals surface area contributed by atoms with Gasteiger partial charge in [-0.1, -0.05) is 0 Å². The maximum absolute atomic E-state index is 12.9. The Kier molecular flexibility index (Phi) is 4.61. The third kappa shape index (κ3) is 3.18. The van der Waals surface area contributed by atoms with E-state index in [2.05, 4.69) is 5.32 Å². The molecule has 7 nitrogen and oxygen atoms in total. The van der Waals surface area contributed by atoms with Gasteiger partial charge in [0.05, 0.1) is 19.3 Å². The summed E-state index contributed by atoms with van der Waals surface area (Å²) in [5.74, 6) is 1.26. The zero-order valence-electron chi connectivity index (χ0n) is 15.1. The Balaban J connectivity index is 1.46. The summed E-state index contributed by atoms with van der Waals surface area (Å²) in [5.41, 5.74) is 0.589. The van der Waals surface area contributed by atoms with Crippen LogP contribution in [0.25, 0.3) is 0 Å². The maximum Gasteiger partial charge on any atom is 0.317 e. The summed E-state index contributed by atoms with van der Waals surface area (Å²) in [4.78, 5) is 28.2. The lowest BCUT2D eigenvalue weighted by molar-refractivity contribution is 0.0616. The first-order chi connectivity index (χ1) is 12.7. The van der Waals surface area contributed by atoms with Crippen LogP contribution >= 0.6 is 0 Å². The molecule has 3 fully saturated rings. The van der Waals surface area contributed by atoms with E-state index in [0.29, 0.717) is 43.2 Å². The van der Waals surface area contributed by atoms with Gasteiger partial charge in [-0.2, -0.15) is 0 Å². The van der Waals surface area contributed by atoms with Crippen LogP contribution in [0.15, 0.2) is 18.2 Å². The van der Waals surface area contributed by atoms with Crippen LogP contribution in [-0.2, 0) is 0 Å². The Hall–Kier alpha value is -2.44. The van der Waals surface area contributed by atoms with Crippen LogP contribution in [-0.4, -0.2) is 67.2 Å². The van der Waals surface area contributed by atoms with Crippen LogP contribution < -0.4 is 14.8 Å². The van der Waals surface area contributed by atoms with Crippen molar-refractivity contribution in [3.8, 4) is 11.5 Å². The molecule has 7 heteroatoms. The Labute approximate surface area is 153 Å². The van der Waals surface area contributed by atoms with Gasteiger partial charge in [0.25, 0.3) is 5.91 Å². The average Bonchev–Trinajstić information content (AvgIpc) is 3.31. The second kappa shape index (κ2) is 7.05. The smallest absolute Gasteiger partial charge is 0.317 e. The molecule has 1 unspecified atom stereocenters. The largest absolute Gasteiger partial charge is 0.493 e. The molecule has 3 aliphatic rings. The minimum Gasteiger partial charge on any atom is -0.493 e. The second-order valence-corrected chi connectivity index (χ2v) is 7.17. The Morgan fingerprint density at radius 3 is 2.77 bits per heavy atom. The maximum atomic E-state index is 12.9. The summed E-state index contributed by atoms with van der Waals surface area (Å²) in [5, 5.41) is 2.83. The highest BCUT2D eigenvalue weighted by Gasteiger charge is 2.37. The number of ether oxygens (including phenoxy) is 2.